The van der Waals surface area contributed by atoms with E-state index in [1.807, 2.05) is 43.5 Å². The van der Waals surface area contributed by atoms with Gasteiger partial charge in [-0.1, -0.05) is 17.2 Å². The Morgan fingerprint density at radius 2 is 1.83 bits per heavy atom. The maximum absolute atomic E-state index is 11.8. The van der Waals surface area contributed by atoms with Gasteiger partial charge in [-0.15, -0.1) is 11.6 Å². The minimum absolute atomic E-state index is 0.0919. The van der Waals surface area contributed by atoms with Gasteiger partial charge in [0.05, 0.1) is 0 Å². The summed E-state index contributed by atoms with van der Waals surface area (Å²) in [5.41, 5.74) is 5.95. The number of aromatic nitrogens is 2. The maximum atomic E-state index is 11.8. The molecule has 0 unspecified atom stereocenters. The van der Waals surface area contributed by atoms with E-state index < -0.39 is 0 Å². The van der Waals surface area contributed by atoms with Crippen LogP contribution in [0.25, 0.3) is 16.9 Å². The number of hydrogen-bond acceptors (Lipinski definition) is 2. The molecule has 1 aromatic carbocycles. The number of halogens is 1. The molecule has 118 valence electrons. The van der Waals surface area contributed by atoms with Crippen molar-refractivity contribution in [2.24, 2.45) is 0 Å². The molecular formula is C18H18ClN3O. The van der Waals surface area contributed by atoms with Crippen LogP contribution in [0.3, 0.4) is 0 Å². The number of carbonyl (C=O) groups is 1. The average molecular weight is 328 g/mol. The summed E-state index contributed by atoms with van der Waals surface area (Å²) in [7, 11) is 0. The lowest BCUT2D eigenvalue weighted by molar-refractivity contribution is -0.113. The van der Waals surface area contributed by atoms with Crippen LogP contribution < -0.4 is 5.32 Å². The summed E-state index contributed by atoms with van der Waals surface area (Å²) in [6, 6.07) is 10.2. The molecule has 0 aliphatic rings. The second-order valence-corrected chi connectivity index (χ2v) is 6.07. The van der Waals surface area contributed by atoms with Gasteiger partial charge in [-0.2, -0.15) is 0 Å². The summed E-state index contributed by atoms with van der Waals surface area (Å²) in [6.45, 7) is 6.11. The molecule has 2 heterocycles. The molecule has 0 aliphatic carbocycles. The number of nitrogens with one attached hydrogen (secondary N) is 1. The first kappa shape index (κ1) is 15.6. The Kier molecular flexibility index (Phi) is 4.09. The highest BCUT2D eigenvalue weighted by molar-refractivity contribution is 6.29. The number of alkyl halides is 1. The first-order chi connectivity index (χ1) is 11.0. The standard InChI is InChI=1S/C18H18ClN3O/c1-11-4-5-22-15(9-11)20-17(18(22)21-16(23)10-19)14-7-12(2)6-13(3)8-14/h4-9H,10H2,1-3H3,(H,21,23). The third kappa shape index (κ3) is 3.08. The maximum Gasteiger partial charge on any atom is 0.240 e. The van der Waals surface area contributed by atoms with Crippen molar-refractivity contribution in [3.05, 3.63) is 53.2 Å². The van der Waals surface area contributed by atoms with Gasteiger partial charge in [0.25, 0.3) is 0 Å². The van der Waals surface area contributed by atoms with Gasteiger partial charge < -0.3 is 5.32 Å². The molecule has 1 amide bonds. The molecule has 0 fully saturated rings. The van der Waals surface area contributed by atoms with Gasteiger partial charge in [-0.05, 0) is 50.6 Å². The molecule has 23 heavy (non-hydrogen) atoms. The van der Waals surface area contributed by atoms with Crippen LogP contribution >= 0.6 is 11.6 Å². The molecule has 1 N–H and O–H groups in total. The van der Waals surface area contributed by atoms with E-state index in [0.29, 0.717) is 5.82 Å². The number of rotatable bonds is 3. The van der Waals surface area contributed by atoms with Crippen LogP contribution in [0.15, 0.2) is 36.5 Å². The van der Waals surface area contributed by atoms with E-state index in [1.54, 1.807) is 0 Å². The molecule has 0 saturated carbocycles. The van der Waals surface area contributed by atoms with Crippen molar-refractivity contribution in [2.75, 3.05) is 11.2 Å². The molecule has 0 aliphatic heterocycles. The highest BCUT2D eigenvalue weighted by Crippen LogP contribution is 2.30. The fourth-order valence-electron chi connectivity index (χ4n) is 2.74. The van der Waals surface area contributed by atoms with Crippen LogP contribution in [0.4, 0.5) is 5.82 Å². The van der Waals surface area contributed by atoms with Gasteiger partial charge in [0.2, 0.25) is 5.91 Å². The Morgan fingerprint density at radius 3 is 2.48 bits per heavy atom. The first-order valence-electron chi connectivity index (χ1n) is 7.41. The Morgan fingerprint density at radius 1 is 1.13 bits per heavy atom. The lowest BCUT2D eigenvalue weighted by atomic mass is 10.1. The van der Waals surface area contributed by atoms with E-state index >= 15 is 0 Å². The topological polar surface area (TPSA) is 46.4 Å². The smallest absolute Gasteiger partial charge is 0.240 e. The lowest BCUT2D eigenvalue weighted by Gasteiger charge is -2.08. The van der Waals surface area contributed by atoms with E-state index in [2.05, 4.69) is 23.5 Å². The number of imidazole rings is 1. The van der Waals surface area contributed by atoms with E-state index in [4.69, 9.17) is 16.6 Å². The molecule has 4 nitrogen and oxygen atoms in total. The van der Waals surface area contributed by atoms with Crippen molar-refractivity contribution >= 4 is 29.0 Å². The summed E-state index contributed by atoms with van der Waals surface area (Å²) < 4.78 is 1.88. The number of benzene rings is 1. The number of amides is 1. The summed E-state index contributed by atoms with van der Waals surface area (Å²) in [4.78, 5) is 16.5. The Balaban J connectivity index is 2.25. The van der Waals surface area contributed by atoms with Crippen LogP contribution in [-0.2, 0) is 4.79 Å². The third-order valence-corrected chi connectivity index (χ3v) is 3.90. The van der Waals surface area contributed by atoms with Crippen molar-refractivity contribution < 1.29 is 4.79 Å². The van der Waals surface area contributed by atoms with Gasteiger partial charge in [0, 0.05) is 11.8 Å². The summed E-state index contributed by atoms with van der Waals surface area (Å²) in [5.74, 6) is 0.307. The van der Waals surface area contributed by atoms with Gasteiger partial charge in [-0.3, -0.25) is 9.20 Å². The van der Waals surface area contributed by atoms with E-state index in [9.17, 15) is 4.79 Å². The predicted octanol–water partition coefficient (Wildman–Crippen LogP) is 4.10. The highest BCUT2D eigenvalue weighted by Gasteiger charge is 2.16. The Bertz CT molecular complexity index is 878. The largest absolute Gasteiger partial charge is 0.309 e. The summed E-state index contributed by atoms with van der Waals surface area (Å²) in [6.07, 6.45) is 1.91. The van der Waals surface area contributed by atoms with Crippen molar-refractivity contribution in [3.63, 3.8) is 0 Å². The van der Waals surface area contributed by atoms with Crippen LogP contribution in [0.5, 0.6) is 0 Å². The Hall–Kier alpha value is -2.33. The zero-order chi connectivity index (χ0) is 16.6. The zero-order valence-electron chi connectivity index (χ0n) is 13.4. The van der Waals surface area contributed by atoms with E-state index in [-0.39, 0.29) is 11.8 Å². The van der Waals surface area contributed by atoms with Crippen molar-refractivity contribution in [2.45, 2.75) is 20.8 Å². The van der Waals surface area contributed by atoms with E-state index in [0.717, 1.165) is 33.6 Å². The first-order valence-corrected chi connectivity index (χ1v) is 7.94. The van der Waals surface area contributed by atoms with Crippen molar-refractivity contribution in [3.8, 4) is 11.3 Å². The van der Waals surface area contributed by atoms with E-state index in [1.165, 1.54) is 0 Å². The quantitative estimate of drug-likeness (QED) is 0.736. The number of nitrogens with zero attached hydrogens (tertiary/aromatic N) is 2. The van der Waals surface area contributed by atoms with Gasteiger partial charge in [0.15, 0.2) is 0 Å². The molecular weight excluding hydrogens is 310 g/mol. The number of aryl methyl sites for hydroxylation is 3. The molecule has 3 aromatic rings. The van der Waals surface area contributed by atoms with Crippen LogP contribution in [-0.4, -0.2) is 21.2 Å². The van der Waals surface area contributed by atoms with Gasteiger partial charge in [0.1, 0.15) is 23.0 Å². The molecule has 0 saturated heterocycles. The molecule has 0 bridgehead atoms. The second kappa shape index (κ2) is 6.05. The SMILES string of the molecule is Cc1cc(C)cc(-c2nc3cc(C)ccn3c2NC(=O)CCl)c1. The van der Waals surface area contributed by atoms with Gasteiger partial charge in [-0.25, -0.2) is 4.98 Å². The fraction of sp³-hybridized carbons (Fsp3) is 0.222. The zero-order valence-corrected chi connectivity index (χ0v) is 14.1. The molecule has 0 radical (unpaired) electrons. The monoisotopic (exact) mass is 327 g/mol. The molecule has 0 atom stereocenters. The second-order valence-electron chi connectivity index (χ2n) is 5.80. The fourth-order valence-corrected chi connectivity index (χ4v) is 2.81. The van der Waals surface area contributed by atoms with Crippen molar-refractivity contribution in [1.82, 2.24) is 9.38 Å². The van der Waals surface area contributed by atoms with Gasteiger partial charge >= 0.3 is 0 Å². The summed E-state index contributed by atoms with van der Waals surface area (Å²) >= 11 is 5.65. The third-order valence-electron chi connectivity index (χ3n) is 3.66. The normalized spacial score (nSPS) is 11.0. The minimum Gasteiger partial charge on any atom is -0.309 e. The molecule has 0 spiro atoms. The van der Waals surface area contributed by atoms with Crippen molar-refractivity contribution in [1.29, 1.82) is 0 Å². The predicted molar refractivity (Wildman–Crippen MR) is 94.2 cm³/mol. The average Bonchev–Trinajstić information content (AvgIpc) is 2.84. The minimum atomic E-state index is -0.250. The number of anilines is 1. The molecule has 5 heteroatoms. The van der Waals surface area contributed by atoms with Crippen LogP contribution in [0, 0.1) is 20.8 Å². The number of fused-ring (bicyclic) bond motifs is 1. The summed E-state index contributed by atoms with van der Waals surface area (Å²) in [5, 5.41) is 2.87. The highest BCUT2D eigenvalue weighted by atomic mass is 35.5. The number of pyridine rings is 1. The van der Waals surface area contributed by atoms with Crippen LogP contribution in [0.2, 0.25) is 0 Å². The Labute approximate surface area is 140 Å². The lowest BCUT2D eigenvalue weighted by Crippen LogP contribution is -2.14. The number of carbonyl (C=O) groups excluding carboxylic acids is 1. The molecule has 2 aromatic heterocycles. The molecule has 3 rings (SSSR count). The van der Waals surface area contributed by atoms with Crippen LogP contribution in [0.1, 0.15) is 16.7 Å². The number of hydrogen-bond donors (Lipinski definition) is 1.